The molecule has 0 aliphatic heterocycles. The van der Waals surface area contributed by atoms with Gasteiger partial charge in [0.25, 0.3) is 0 Å². The second kappa shape index (κ2) is 7.32. The molecule has 0 bridgehead atoms. The Morgan fingerprint density at radius 2 is 2.00 bits per heavy atom. The van der Waals surface area contributed by atoms with Gasteiger partial charge >= 0.3 is 5.97 Å². The number of methoxy groups -OCH3 is 1. The number of imidazole rings is 1. The van der Waals surface area contributed by atoms with Crippen molar-refractivity contribution < 1.29 is 14.3 Å². The third-order valence-corrected chi connectivity index (χ3v) is 3.54. The van der Waals surface area contributed by atoms with Gasteiger partial charge in [-0.3, -0.25) is 0 Å². The number of ether oxygens (including phenoxy) is 2. The first-order chi connectivity index (χ1) is 12.2. The number of rotatable bonds is 5. The zero-order valence-electron chi connectivity index (χ0n) is 13.5. The summed E-state index contributed by atoms with van der Waals surface area (Å²) in [5.41, 5.74) is 2.94. The van der Waals surface area contributed by atoms with Crippen LogP contribution in [0.2, 0.25) is 0 Å². The number of aromatic amines is 1. The first-order valence-electron chi connectivity index (χ1n) is 7.56. The monoisotopic (exact) mass is 333 g/mol. The number of esters is 1. The van der Waals surface area contributed by atoms with E-state index in [0.717, 1.165) is 16.6 Å². The van der Waals surface area contributed by atoms with Crippen LogP contribution in [0.5, 0.6) is 5.75 Å². The normalized spacial score (nSPS) is 11.1. The summed E-state index contributed by atoms with van der Waals surface area (Å²) >= 11 is 0. The molecule has 0 radical (unpaired) electrons. The van der Waals surface area contributed by atoms with Gasteiger partial charge in [-0.2, -0.15) is 5.26 Å². The predicted octanol–water partition coefficient (Wildman–Crippen LogP) is 3.18. The van der Waals surface area contributed by atoms with Gasteiger partial charge < -0.3 is 14.5 Å². The minimum Gasteiger partial charge on any atom is -0.482 e. The predicted molar refractivity (Wildman–Crippen MR) is 93.5 cm³/mol. The minimum atomic E-state index is -0.444. The maximum Gasteiger partial charge on any atom is 0.343 e. The molecule has 124 valence electrons. The summed E-state index contributed by atoms with van der Waals surface area (Å²) in [4.78, 5) is 18.6. The van der Waals surface area contributed by atoms with Crippen molar-refractivity contribution in [3.05, 3.63) is 59.9 Å². The Balaban J connectivity index is 1.80. The quantitative estimate of drug-likeness (QED) is 0.572. The topological polar surface area (TPSA) is 88.0 Å². The molecule has 1 heterocycles. The summed E-state index contributed by atoms with van der Waals surface area (Å²) in [6, 6.07) is 16.8. The molecule has 0 saturated carbocycles. The second-order valence-corrected chi connectivity index (χ2v) is 5.21. The lowest BCUT2D eigenvalue weighted by Gasteiger charge is -2.04. The van der Waals surface area contributed by atoms with E-state index in [2.05, 4.69) is 20.8 Å². The van der Waals surface area contributed by atoms with Gasteiger partial charge in [0.2, 0.25) is 0 Å². The molecule has 3 rings (SSSR count). The molecule has 0 atom stereocenters. The van der Waals surface area contributed by atoms with E-state index in [4.69, 9.17) is 4.74 Å². The number of nitrogens with one attached hydrogen (secondary N) is 1. The van der Waals surface area contributed by atoms with Gasteiger partial charge in [0.05, 0.1) is 23.7 Å². The number of nitriles is 1. The highest BCUT2D eigenvalue weighted by molar-refractivity contribution is 5.90. The standard InChI is InChI=1S/C19H15N3O3/c1-24-18(23)12-25-15-8-6-13(7-9-15)10-14(11-20)19-21-16-4-2-3-5-17(16)22-19/h2-10H,12H2,1H3,(H,21,22)/b14-10+. The van der Waals surface area contributed by atoms with Crippen LogP contribution in [-0.4, -0.2) is 29.7 Å². The molecular formula is C19H15N3O3. The van der Waals surface area contributed by atoms with Crippen LogP contribution >= 0.6 is 0 Å². The van der Waals surface area contributed by atoms with Crippen LogP contribution in [0.1, 0.15) is 11.4 Å². The number of hydrogen-bond donors (Lipinski definition) is 1. The zero-order chi connectivity index (χ0) is 17.6. The van der Waals surface area contributed by atoms with Crippen molar-refractivity contribution in [3.63, 3.8) is 0 Å². The number of benzene rings is 2. The number of allylic oxidation sites excluding steroid dienone is 1. The average molecular weight is 333 g/mol. The number of aromatic nitrogens is 2. The molecule has 0 saturated heterocycles. The van der Waals surface area contributed by atoms with E-state index in [1.165, 1.54) is 7.11 Å². The molecule has 3 aromatic rings. The number of hydrogen-bond acceptors (Lipinski definition) is 5. The van der Waals surface area contributed by atoms with Gasteiger partial charge in [0.15, 0.2) is 6.61 Å². The Labute approximate surface area is 144 Å². The molecule has 2 aromatic carbocycles. The SMILES string of the molecule is COC(=O)COc1ccc(/C=C(\C#N)c2nc3ccccc3[nH]2)cc1. The van der Waals surface area contributed by atoms with Crippen molar-refractivity contribution in [3.8, 4) is 11.8 Å². The lowest BCUT2D eigenvalue weighted by Crippen LogP contribution is -2.12. The summed E-state index contributed by atoms with van der Waals surface area (Å²) in [5.74, 6) is 0.625. The van der Waals surface area contributed by atoms with Gasteiger partial charge in [-0.1, -0.05) is 24.3 Å². The van der Waals surface area contributed by atoms with Crippen molar-refractivity contribution in [2.24, 2.45) is 0 Å². The highest BCUT2D eigenvalue weighted by atomic mass is 16.6. The molecule has 0 fully saturated rings. The van der Waals surface area contributed by atoms with E-state index >= 15 is 0 Å². The van der Waals surface area contributed by atoms with Gasteiger partial charge in [-0.25, -0.2) is 9.78 Å². The molecule has 0 amide bonds. The molecule has 6 nitrogen and oxygen atoms in total. The number of fused-ring (bicyclic) bond motifs is 1. The summed E-state index contributed by atoms with van der Waals surface area (Å²) in [7, 11) is 1.31. The van der Waals surface area contributed by atoms with Crippen LogP contribution in [0, 0.1) is 11.3 Å². The van der Waals surface area contributed by atoms with E-state index in [-0.39, 0.29) is 6.61 Å². The number of carbonyl (C=O) groups excluding carboxylic acids is 1. The highest BCUT2D eigenvalue weighted by Gasteiger charge is 2.08. The number of para-hydroxylation sites is 2. The van der Waals surface area contributed by atoms with Crippen LogP contribution in [0.3, 0.4) is 0 Å². The minimum absolute atomic E-state index is 0.145. The van der Waals surface area contributed by atoms with Crippen molar-refractivity contribution in [1.29, 1.82) is 5.26 Å². The van der Waals surface area contributed by atoms with E-state index in [1.807, 2.05) is 24.3 Å². The Kier molecular flexibility index (Phi) is 4.77. The maximum atomic E-state index is 11.1. The Hall–Kier alpha value is -3.59. The van der Waals surface area contributed by atoms with Crippen molar-refractivity contribution in [2.45, 2.75) is 0 Å². The molecule has 1 N–H and O–H groups in total. The third-order valence-electron chi connectivity index (χ3n) is 3.54. The third kappa shape index (κ3) is 3.85. The average Bonchev–Trinajstić information content (AvgIpc) is 3.09. The Bertz CT molecular complexity index is 932. The molecule has 6 heteroatoms. The van der Waals surface area contributed by atoms with Gasteiger partial charge in [0, 0.05) is 0 Å². The molecule has 1 aromatic heterocycles. The highest BCUT2D eigenvalue weighted by Crippen LogP contribution is 2.20. The number of H-pyrrole nitrogens is 1. The fourth-order valence-electron chi connectivity index (χ4n) is 2.26. The van der Waals surface area contributed by atoms with Crippen LogP contribution in [0.4, 0.5) is 0 Å². The maximum absolute atomic E-state index is 11.1. The number of nitrogens with zero attached hydrogens (tertiary/aromatic N) is 2. The summed E-state index contributed by atoms with van der Waals surface area (Å²) in [6.07, 6.45) is 1.74. The van der Waals surface area contributed by atoms with E-state index < -0.39 is 5.97 Å². The molecular weight excluding hydrogens is 318 g/mol. The first kappa shape index (κ1) is 16.3. The van der Waals surface area contributed by atoms with Crippen molar-refractivity contribution in [1.82, 2.24) is 9.97 Å². The molecule has 0 aliphatic carbocycles. The summed E-state index contributed by atoms with van der Waals surface area (Å²) < 4.78 is 9.81. The largest absolute Gasteiger partial charge is 0.482 e. The Morgan fingerprint density at radius 1 is 1.24 bits per heavy atom. The molecule has 0 aliphatic rings. The van der Waals surface area contributed by atoms with Crippen molar-refractivity contribution >= 4 is 28.7 Å². The van der Waals surface area contributed by atoms with E-state index in [9.17, 15) is 10.1 Å². The number of carbonyl (C=O) groups is 1. The van der Waals surface area contributed by atoms with E-state index in [1.54, 1.807) is 30.3 Å². The smallest absolute Gasteiger partial charge is 0.343 e. The fourth-order valence-corrected chi connectivity index (χ4v) is 2.26. The van der Waals surface area contributed by atoms with Gasteiger partial charge in [-0.15, -0.1) is 0 Å². The van der Waals surface area contributed by atoms with Gasteiger partial charge in [0.1, 0.15) is 17.6 Å². The van der Waals surface area contributed by atoms with Crippen LogP contribution in [0.15, 0.2) is 48.5 Å². The summed E-state index contributed by atoms with van der Waals surface area (Å²) in [6.45, 7) is -0.145. The fraction of sp³-hybridized carbons (Fsp3) is 0.105. The van der Waals surface area contributed by atoms with Crippen LogP contribution in [0.25, 0.3) is 22.7 Å². The van der Waals surface area contributed by atoms with Crippen molar-refractivity contribution in [2.75, 3.05) is 13.7 Å². The second-order valence-electron chi connectivity index (χ2n) is 5.21. The summed E-state index contributed by atoms with van der Waals surface area (Å²) in [5, 5.41) is 9.44. The lowest BCUT2D eigenvalue weighted by atomic mass is 10.1. The molecule has 25 heavy (non-hydrogen) atoms. The molecule has 0 spiro atoms. The van der Waals surface area contributed by atoms with E-state index in [0.29, 0.717) is 17.1 Å². The van der Waals surface area contributed by atoms with Crippen LogP contribution in [-0.2, 0) is 9.53 Å². The van der Waals surface area contributed by atoms with Crippen LogP contribution < -0.4 is 4.74 Å². The van der Waals surface area contributed by atoms with Gasteiger partial charge in [-0.05, 0) is 35.9 Å². The molecule has 0 unspecified atom stereocenters. The zero-order valence-corrected chi connectivity index (χ0v) is 13.5. The first-order valence-corrected chi connectivity index (χ1v) is 7.56. The Morgan fingerprint density at radius 3 is 2.68 bits per heavy atom. The lowest BCUT2D eigenvalue weighted by molar-refractivity contribution is -0.142.